The number of piperidine rings is 1. The fourth-order valence-corrected chi connectivity index (χ4v) is 3.24. The first-order valence-corrected chi connectivity index (χ1v) is 8.81. The number of β-amino-alcohol motifs (C(OH)–C–C–N with tert-alkyl or cyclic N) is 1. The molecule has 0 radical (unpaired) electrons. The lowest BCUT2D eigenvalue weighted by Gasteiger charge is -2.33. The smallest absolute Gasteiger partial charge is 0.142 e. The lowest BCUT2D eigenvalue weighted by molar-refractivity contribution is 0.0909. The average molecular weight is 336 g/mol. The largest absolute Gasteiger partial charge is 0.387 e. The normalized spacial score (nSPS) is 17.0. The molecule has 1 fully saturated rings. The Labute approximate surface area is 148 Å². The number of aromatic nitrogens is 1. The highest BCUT2D eigenvalue weighted by molar-refractivity contribution is 5.38. The zero-order valence-corrected chi connectivity index (χ0v) is 14.3. The van der Waals surface area contributed by atoms with Crippen LogP contribution in [0.4, 0.5) is 5.82 Å². The van der Waals surface area contributed by atoms with Crippen molar-refractivity contribution in [2.24, 2.45) is 5.92 Å². The van der Waals surface area contributed by atoms with E-state index in [1.165, 1.54) is 0 Å². The van der Waals surface area contributed by atoms with E-state index in [-0.39, 0.29) is 0 Å². The van der Waals surface area contributed by atoms with E-state index in [0.717, 1.165) is 43.9 Å². The maximum atomic E-state index is 10.4. The van der Waals surface area contributed by atoms with Crippen LogP contribution < -0.4 is 5.32 Å². The minimum absolute atomic E-state index is 0.422. The highest BCUT2D eigenvalue weighted by Gasteiger charge is 2.21. The third kappa shape index (κ3) is 5.02. The summed E-state index contributed by atoms with van der Waals surface area (Å²) in [7, 11) is 0. The molecule has 2 N–H and O–H groups in total. The minimum atomic E-state index is -0.422. The summed E-state index contributed by atoms with van der Waals surface area (Å²) in [5.74, 6) is 1.36. The number of aliphatic hydroxyl groups is 1. The molecule has 1 atom stereocenters. The van der Waals surface area contributed by atoms with Gasteiger partial charge in [-0.05, 0) is 49.5 Å². The number of nitriles is 1. The standard InChI is InChI=1S/C20H24N4O/c21-13-18-7-4-8-20(23-18)22-14-16-9-11-24(12-10-16)15-19(25)17-5-2-1-3-6-17/h1-8,16,19,25H,9-12,14-15H2,(H,22,23). The SMILES string of the molecule is N#Cc1cccc(NCC2CCN(CC(O)c3ccccc3)CC2)n1. The summed E-state index contributed by atoms with van der Waals surface area (Å²) in [4.78, 5) is 6.58. The number of nitrogens with one attached hydrogen (secondary N) is 1. The Bertz CT molecular complexity index is 705. The van der Waals surface area contributed by atoms with Gasteiger partial charge in [-0.1, -0.05) is 36.4 Å². The summed E-state index contributed by atoms with van der Waals surface area (Å²) in [5, 5.41) is 22.6. The van der Waals surface area contributed by atoms with Crippen LogP contribution in [-0.2, 0) is 0 Å². The van der Waals surface area contributed by atoms with Gasteiger partial charge in [0.05, 0.1) is 6.10 Å². The van der Waals surface area contributed by atoms with E-state index in [4.69, 9.17) is 5.26 Å². The van der Waals surface area contributed by atoms with Gasteiger partial charge >= 0.3 is 0 Å². The summed E-state index contributed by atoms with van der Waals surface area (Å²) in [5.41, 5.74) is 1.42. The number of nitrogens with zero attached hydrogens (tertiary/aromatic N) is 3. The van der Waals surface area contributed by atoms with Crippen LogP contribution in [-0.4, -0.2) is 41.2 Å². The molecule has 0 spiro atoms. The highest BCUT2D eigenvalue weighted by atomic mass is 16.3. The van der Waals surface area contributed by atoms with Crippen molar-refractivity contribution in [3.8, 4) is 6.07 Å². The van der Waals surface area contributed by atoms with Gasteiger partial charge in [0.25, 0.3) is 0 Å². The topological polar surface area (TPSA) is 72.2 Å². The van der Waals surface area contributed by atoms with Gasteiger partial charge in [0.15, 0.2) is 0 Å². The molecule has 2 aromatic rings. The Morgan fingerprint density at radius 3 is 2.64 bits per heavy atom. The zero-order chi connectivity index (χ0) is 17.5. The van der Waals surface area contributed by atoms with Crippen LogP contribution in [0.5, 0.6) is 0 Å². The van der Waals surface area contributed by atoms with Crippen LogP contribution in [0.3, 0.4) is 0 Å². The van der Waals surface area contributed by atoms with Gasteiger partial charge in [-0.25, -0.2) is 4.98 Å². The molecule has 0 aliphatic carbocycles. The lowest BCUT2D eigenvalue weighted by Crippen LogP contribution is -2.38. The maximum absolute atomic E-state index is 10.4. The number of pyridine rings is 1. The van der Waals surface area contributed by atoms with E-state index in [0.29, 0.717) is 18.2 Å². The van der Waals surface area contributed by atoms with Gasteiger partial charge in [0.1, 0.15) is 17.6 Å². The lowest BCUT2D eigenvalue weighted by atomic mass is 9.96. The van der Waals surface area contributed by atoms with Crippen LogP contribution in [0.1, 0.15) is 30.2 Å². The Morgan fingerprint density at radius 2 is 1.92 bits per heavy atom. The van der Waals surface area contributed by atoms with E-state index < -0.39 is 6.10 Å². The van der Waals surface area contributed by atoms with Gasteiger partial charge < -0.3 is 15.3 Å². The molecule has 5 nitrogen and oxygen atoms in total. The van der Waals surface area contributed by atoms with Crippen LogP contribution in [0.15, 0.2) is 48.5 Å². The second-order valence-electron chi connectivity index (χ2n) is 6.57. The van der Waals surface area contributed by atoms with Crippen LogP contribution in [0, 0.1) is 17.2 Å². The molecule has 5 heteroatoms. The van der Waals surface area contributed by atoms with Gasteiger partial charge in [-0.3, -0.25) is 0 Å². The van der Waals surface area contributed by atoms with Crippen molar-refractivity contribution in [1.82, 2.24) is 9.88 Å². The van der Waals surface area contributed by atoms with E-state index >= 15 is 0 Å². The molecular weight excluding hydrogens is 312 g/mol. The van der Waals surface area contributed by atoms with Crippen molar-refractivity contribution in [2.75, 3.05) is 31.5 Å². The third-order valence-corrected chi connectivity index (χ3v) is 4.76. The van der Waals surface area contributed by atoms with Crippen molar-refractivity contribution in [3.63, 3.8) is 0 Å². The van der Waals surface area contributed by atoms with E-state index in [2.05, 4.69) is 21.3 Å². The number of benzene rings is 1. The molecule has 0 amide bonds. The molecule has 1 aromatic heterocycles. The number of hydrogen-bond donors (Lipinski definition) is 2. The van der Waals surface area contributed by atoms with E-state index in [9.17, 15) is 5.11 Å². The summed E-state index contributed by atoms with van der Waals surface area (Å²) in [6.45, 7) is 3.57. The molecule has 1 aliphatic rings. The number of hydrogen-bond acceptors (Lipinski definition) is 5. The van der Waals surface area contributed by atoms with Gasteiger partial charge in [-0.15, -0.1) is 0 Å². The molecule has 1 aromatic carbocycles. The molecule has 1 aliphatic heterocycles. The Balaban J connectivity index is 1.42. The van der Waals surface area contributed by atoms with Crippen molar-refractivity contribution < 1.29 is 5.11 Å². The van der Waals surface area contributed by atoms with Crippen LogP contribution in [0.25, 0.3) is 0 Å². The molecule has 2 heterocycles. The molecular formula is C20H24N4O. The predicted molar refractivity (Wildman–Crippen MR) is 98.0 cm³/mol. The third-order valence-electron chi connectivity index (χ3n) is 4.76. The number of anilines is 1. The second kappa shape index (κ2) is 8.61. The van der Waals surface area contributed by atoms with Crippen LogP contribution >= 0.6 is 0 Å². The number of aliphatic hydroxyl groups excluding tert-OH is 1. The first kappa shape index (κ1) is 17.4. The van der Waals surface area contributed by atoms with Crippen molar-refractivity contribution in [1.29, 1.82) is 5.26 Å². The Morgan fingerprint density at radius 1 is 1.16 bits per heavy atom. The predicted octanol–water partition coefficient (Wildman–Crippen LogP) is 2.81. The van der Waals surface area contributed by atoms with Gasteiger partial charge in [0.2, 0.25) is 0 Å². The fourth-order valence-electron chi connectivity index (χ4n) is 3.24. The maximum Gasteiger partial charge on any atom is 0.142 e. The zero-order valence-electron chi connectivity index (χ0n) is 14.3. The summed E-state index contributed by atoms with van der Waals surface area (Å²) in [6.07, 6.45) is 1.78. The number of likely N-dealkylation sites (tertiary alicyclic amines) is 1. The quantitative estimate of drug-likeness (QED) is 0.849. The van der Waals surface area contributed by atoms with Crippen molar-refractivity contribution in [3.05, 3.63) is 59.8 Å². The average Bonchev–Trinajstić information content (AvgIpc) is 2.68. The Kier molecular flexibility index (Phi) is 5.99. The number of rotatable bonds is 6. The summed E-state index contributed by atoms with van der Waals surface area (Å²) < 4.78 is 0. The van der Waals surface area contributed by atoms with E-state index in [1.54, 1.807) is 6.07 Å². The first-order valence-electron chi connectivity index (χ1n) is 8.81. The van der Waals surface area contributed by atoms with E-state index in [1.807, 2.05) is 42.5 Å². The fraction of sp³-hybridized carbons (Fsp3) is 0.400. The molecule has 130 valence electrons. The molecule has 1 saturated heterocycles. The summed E-state index contributed by atoms with van der Waals surface area (Å²) >= 11 is 0. The minimum Gasteiger partial charge on any atom is -0.387 e. The molecule has 3 rings (SSSR count). The first-order chi connectivity index (χ1) is 12.2. The highest BCUT2D eigenvalue weighted by Crippen LogP contribution is 2.21. The van der Waals surface area contributed by atoms with Crippen molar-refractivity contribution >= 4 is 5.82 Å². The molecule has 0 bridgehead atoms. The molecule has 25 heavy (non-hydrogen) atoms. The van der Waals surface area contributed by atoms with Crippen LogP contribution in [0.2, 0.25) is 0 Å². The van der Waals surface area contributed by atoms with Gasteiger partial charge in [0, 0.05) is 13.1 Å². The molecule has 1 unspecified atom stereocenters. The van der Waals surface area contributed by atoms with Gasteiger partial charge in [-0.2, -0.15) is 5.26 Å². The monoisotopic (exact) mass is 336 g/mol. The molecule has 0 saturated carbocycles. The Hall–Kier alpha value is -2.42. The second-order valence-corrected chi connectivity index (χ2v) is 6.57. The van der Waals surface area contributed by atoms with Crippen molar-refractivity contribution in [2.45, 2.75) is 18.9 Å². The summed E-state index contributed by atoms with van der Waals surface area (Å²) in [6, 6.07) is 17.4.